The van der Waals surface area contributed by atoms with Crippen molar-refractivity contribution in [2.24, 2.45) is 0 Å². The molecule has 2 heterocycles. The molecule has 0 saturated carbocycles. The van der Waals surface area contributed by atoms with E-state index < -0.39 is 11.6 Å². The largest absolute Gasteiger partial charge is 0.366 e. The predicted octanol–water partition coefficient (Wildman–Crippen LogP) is 1.54. The van der Waals surface area contributed by atoms with E-state index in [1.807, 2.05) is 0 Å². The number of hydrogen-bond acceptors (Lipinski definition) is 4. The molecule has 1 unspecified atom stereocenters. The molecule has 0 bridgehead atoms. The maximum absolute atomic E-state index is 13.2. The van der Waals surface area contributed by atoms with Crippen molar-refractivity contribution in [3.05, 3.63) is 35.4 Å². The van der Waals surface area contributed by atoms with E-state index in [2.05, 4.69) is 15.4 Å². The summed E-state index contributed by atoms with van der Waals surface area (Å²) in [6.45, 7) is 0.654. The molecule has 0 spiro atoms. The standard InChI is InChI=1S/C11H11F2N5/c12-7-3-6(4-8(13)5-7)9-1-2-15-11-16-10(14)17-18(9)11/h3-5,9H,1-2H2,(H3,14,15,16,17). The minimum Gasteiger partial charge on any atom is -0.366 e. The molecule has 1 aliphatic heterocycles. The second-order valence-electron chi connectivity index (χ2n) is 4.17. The molecule has 1 aromatic carbocycles. The molecule has 2 aromatic rings. The summed E-state index contributed by atoms with van der Waals surface area (Å²) in [6, 6.07) is 3.21. The molecule has 1 atom stereocenters. The molecule has 7 heteroatoms. The van der Waals surface area contributed by atoms with Crippen LogP contribution in [0, 0.1) is 11.6 Å². The van der Waals surface area contributed by atoms with Gasteiger partial charge in [0.2, 0.25) is 11.9 Å². The van der Waals surface area contributed by atoms with Crippen LogP contribution in [0.25, 0.3) is 0 Å². The first-order valence-corrected chi connectivity index (χ1v) is 5.55. The van der Waals surface area contributed by atoms with Crippen molar-refractivity contribution in [2.45, 2.75) is 12.5 Å². The number of anilines is 2. The average molecular weight is 251 g/mol. The number of benzene rings is 1. The van der Waals surface area contributed by atoms with Crippen molar-refractivity contribution in [1.82, 2.24) is 14.8 Å². The molecule has 18 heavy (non-hydrogen) atoms. The van der Waals surface area contributed by atoms with Crippen molar-refractivity contribution < 1.29 is 8.78 Å². The van der Waals surface area contributed by atoms with Gasteiger partial charge in [-0.2, -0.15) is 4.98 Å². The van der Waals surface area contributed by atoms with Gasteiger partial charge >= 0.3 is 0 Å². The van der Waals surface area contributed by atoms with Crippen LogP contribution in [0.4, 0.5) is 20.7 Å². The minimum atomic E-state index is -0.599. The smallest absolute Gasteiger partial charge is 0.241 e. The van der Waals surface area contributed by atoms with E-state index in [1.165, 1.54) is 12.1 Å². The molecule has 3 N–H and O–H groups in total. The van der Waals surface area contributed by atoms with Crippen LogP contribution in [0.15, 0.2) is 18.2 Å². The summed E-state index contributed by atoms with van der Waals surface area (Å²) in [5, 5.41) is 7.08. The highest BCUT2D eigenvalue weighted by Gasteiger charge is 2.24. The summed E-state index contributed by atoms with van der Waals surface area (Å²) >= 11 is 0. The molecule has 0 aliphatic carbocycles. The number of aromatic nitrogens is 3. The molecule has 0 fully saturated rings. The van der Waals surface area contributed by atoms with Crippen LogP contribution >= 0.6 is 0 Å². The molecule has 1 aliphatic rings. The van der Waals surface area contributed by atoms with Crippen LogP contribution in [0.3, 0.4) is 0 Å². The third kappa shape index (κ3) is 1.77. The van der Waals surface area contributed by atoms with E-state index in [4.69, 9.17) is 5.73 Å². The monoisotopic (exact) mass is 251 g/mol. The summed E-state index contributed by atoms with van der Waals surface area (Å²) in [4.78, 5) is 4.00. The lowest BCUT2D eigenvalue weighted by atomic mass is 10.0. The first kappa shape index (κ1) is 10.9. The Labute approximate surface area is 102 Å². The van der Waals surface area contributed by atoms with Crippen LogP contribution in [0.2, 0.25) is 0 Å². The molecule has 0 radical (unpaired) electrons. The van der Waals surface area contributed by atoms with E-state index in [0.717, 1.165) is 6.07 Å². The highest BCUT2D eigenvalue weighted by atomic mass is 19.1. The topological polar surface area (TPSA) is 68.8 Å². The molecule has 0 amide bonds. The average Bonchev–Trinajstić information content (AvgIpc) is 2.67. The maximum atomic E-state index is 13.2. The van der Waals surface area contributed by atoms with Gasteiger partial charge in [-0.3, -0.25) is 0 Å². The second kappa shape index (κ2) is 3.94. The fourth-order valence-corrected chi connectivity index (χ4v) is 2.20. The minimum absolute atomic E-state index is 0.140. The lowest BCUT2D eigenvalue weighted by molar-refractivity contribution is 0.473. The number of fused-ring (bicyclic) bond motifs is 1. The van der Waals surface area contributed by atoms with E-state index in [1.54, 1.807) is 4.68 Å². The van der Waals surface area contributed by atoms with Gasteiger partial charge in [-0.25, -0.2) is 13.5 Å². The summed E-state index contributed by atoms with van der Waals surface area (Å²) in [5.74, 6) is -0.536. The van der Waals surface area contributed by atoms with E-state index in [-0.39, 0.29) is 12.0 Å². The van der Waals surface area contributed by atoms with Crippen molar-refractivity contribution in [2.75, 3.05) is 17.6 Å². The molecule has 94 valence electrons. The van der Waals surface area contributed by atoms with Crippen LogP contribution < -0.4 is 11.1 Å². The van der Waals surface area contributed by atoms with Gasteiger partial charge in [-0.15, -0.1) is 5.10 Å². The number of hydrogen-bond donors (Lipinski definition) is 2. The fraction of sp³-hybridized carbons (Fsp3) is 0.273. The number of nitrogens with zero attached hydrogens (tertiary/aromatic N) is 3. The van der Waals surface area contributed by atoms with Crippen LogP contribution in [0.1, 0.15) is 18.0 Å². The Kier molecular flexibility index (Phi) is 2.39. The number of nitrogens with one attached hydrogen (secondary N) is 1. The SMILES string of the molecule is Nc1nc2n(n1)C(c1cc(F)cc(F)c1)CCN2. The van der Waals surface area contributed by atoms with Gasteiger partial charge < -0.3 is 11.1 Å². The Hall–Kier alpha value is -2.18. The van der Waals surface area contributed by atoms with Crippen LogP contribution in [-0.2, 0) is 0 Å². The van der Waals surface area contributed by atoms with E-state index in [0.29, 0.717) is 24.5 Å². The molecular formula is C11H11F2N5. The Balaban J connectivity index is 2.07. The van der Waals surface area contributed by atoms with Crippen molar-refractivity contribution >= 4 is 11.9 Å². The first-order valence-electron chi connectivity index (χ1n) is 5.55. The van der Waals surface area contributed by atoms with Gasteiger partial charge in [-0.05, 0) is 24.1 Å². The highest BCUT2D eigenvalue weighted by molar-refractivity contribution is 5.37. The van der Waals surface area contributed by atoms with Crippen LogP contribution in [-0.4, -0.2) is 21.3 Å². The van der Waals surface area contributed by atoms with E-state index >= 15 is 0 Å². The zero-order chi connectivity index (χ0) is 12.7. The Morgan fingerprint density at radius 1 is 1.28 bits per heavy atom. The zero-order valence-electron chi connectivity index (χ0n) is 9.40. The Morgan fingerprint density at radius 2 is 2.00 bits per heavy atom. The van der Waals surface area contributed by atoms with Gasteiger partial charge in [-0.1, -0.05) is 0 Å². The Bertz CT molecular complexity index is 575. The van der Waals surface area contributed by atoms with E-state index in [9.17, 15) is 8.78 Å². The van der Waals surface area contributed by atoms with Gasteiger partial charge in [0.15, 0.2) is 0 Å². The summed E-state index contributed by atoms with van der Waals surface area (Å²) in [7, 11) is 0. The van der Waals surface area contributed by atoms with Crippen molar-refractivity contribution in [3.8, 4) is 0 Å². The zero-order valence-corrected chi connectivity index (χ0v) is 9.40. The molecule has 3 rings (SSSR count). The molecule has 0 saturated heterocycles. The summed E-state index contributed by atoms with van der Waals surface area (Å²) in [6.07, 6.45) is 0.665. The molecule has 5 nitrogen and oxygen atoms in total. The number of rotatable bonds is 1. The molecular weight excluding hydrogens is 240 g/mol. The lowest BCUT2D eigenvalue weighted by Crippen LogP contribution is -2.25. The third-order valence-electron chi connectivity index (χ3n) is 2.91. The quantitative estimate of drug-likeness (QED) is 0.806. The van der Waals surface area contributed by atoms with Gasteiger partial charge in [0.1, 0.15) is 11.6 Å². The Morgan fingerprint density at radius 3 is 2.72 bits per heavy atom. The van der Waals surface area contributed by atoms with Gasteiger partial charge in [0, 0.05) is 12.6 Å². The first-order chi connectivity index (χ1) is 8.63. The normalized spacial score (nSPS) is 18.2. The van der Waals surface area contributed by atoms with Crippen molar-refractivity contribution in [1.29, 1.82) is 0 Å². The van der Waals surface area contributed by atoms with Gasteiger partial charge in [0.05, 0.1) is 6.04 Å². The second-order valence-corrected chi connectivity index (χ2v) is 4.17. The van der Waals surface area contributed by atoms with Gasteiger partial charge in [0.25, 0.3) is 0 Å². The fourth-order valence-electron chi connectivity index (χ4n) is 2.20. The summed E-state index contributed by atoms with van der Waals surface area (Å²) in [5.41, 5.74) is 6.06. The van der Waals surface area contributed by atoms with Crippen molar-refractivity contribution in [3.63, 3.8) is 0 Å². The number of nitrogen functional groups attached to an aromatic ring is 1. The predicted molar refractivity (Wildman–Crippen MR) is 62.0 cm³/mol. The molecule has 1 aromatic heterocycles. The third-order valence-corrected chi connectivity index (χ3v) is 2.91. The number of nitrogens with two attached hydrogens (primary N) is 1. The maximum Gasteiger partial charge on any atom is 0.241 e. The van der Waals surface area contributed by atoms with Crippen LogP contribution in [0.5, 0.6) is 0 Å². The summed E-state index contributed by atoms with van der Waals surface area (Å²) < 4.78 is 28.0. The lowest BCUT2D eigenvalue weighted by Gasteiger charge is -2.24. The number of halogens is 2. The highest BCUT2D eigenvalue weighted by Crippen LogP contribution is 2.29.